The Hall–Kier alpha value is -2.17. The van der Waals surface area contributed by atoms with E-state index < -0.39 is 22.2 Å². The van der Waals surface area contributed by atoms with Crippen LogP contribution in [0.5, 0.6) is 5.75 Å². The molecule has 1 aliphatic carbocycles. The molecule has 1 aromatic rings. The van der Waals surface area contributed by atoms with E-state index in [0.29, 0.717) is 12.2 Å². The third-order valence-corrected chi connectivity index (χ3v) is 8.21. The van der Waals surface area contributed by atoms with E-state index in [1.165, 1.54) is 11.4 Å². The topological polar surface area (TPSA) is 116 Å². The summed E-state index contributed by atoms with van der Waals surface area (Å²) >= 11 is 0. The molecule has 2 amide bonds. The number of likely N-dealkylation sites (N-methyl/N-ethyl adjacent to an activating group) is 1. The van der Waals surface area contributed by atoms with Crippen molar-refractivity contribution in [3.63, 3.8) is 0 Å². The summed E-state index contributed by atoms with van der Waals surface area (Å²) in [5.41, 5.74) is 0.680. The van der Waals surface area contributed by atoms with Gasteiger partial charge in [0.1, 0.15) is 6.10 Å². The highest BCUT2D eigenvalue weighted by Crippen LogP contribution is 2.36. The number of hydrogen-bond donors (Lipinski definition) is 2. The first-order valence-electron chi connectivity index (χ1n) is 12.0. The highest BCUT2D eigenvalue weighted by molar-refractivity contribution is 7.88. The van der Waals surface area contributed by atoms with Crippen molar-refractivity contribution in [3.05, 3.63) is 23.8 Å². The lowest BCUT2D eigenvalue weighted by molar-refractivity contribution is -0.120. The number of amides is 2. The molecule has 0 unspecified atom stereocenters. The molecule has 2 aliphatic rings. The Balaban J connectivity index is 2.00. The number of nitrogens with one attached hydrogen (secondary N) is 1. The fourth-order valence-corrected chi connectivity index (χ4v) is 4.97. The van der Waals surface area contributed by atoms with Crippen molar-refractivity contribution < 1.29 is 27.9 Å². The van der Waals surface area contributed by atoms with Crippen molar-refractivity contribution >= 4 is 27.5 Å². The normalized spacial score (nSPS) is 23.0. The van der Waals surface area contributed by atoms with Gasteiger partial charge in [0.05, 0.1) is 36.7 Å². The van der Waals surface area contributed by atoms with Gasteiger partial charge in [0, 0.05) is 25.4 Å². The van der Waals surface area contributed by atoms with Gasteiger partial charge in [0.25, 0.3) is 5.91 Å². The van der Waals surface area contributed by atoms with Crippen LogP contribution in [-0.2, 0) is 14.8 Å². The molecule has 34 heavy (non-hydrogen) atoms. The van der Waals surface area contributed by atoms with Gasteiger partial charge in [0.15, 0.2) is 5.75 Å². The number of aliphatic hydroxyl groups excluding tert-OH is 1. The Labute approximate surface area is 202 Å². The lowest BCUT2D eigenvalue weighted by Gasteiger charge is -2.38. The summed E-state index contributed by atoms with van der Waals surface area (Å²) in [6, 6.07) is 4.60. The smallest absolute Gasteiger partial charge is 0.258 e. The summed E-state index contributed by atoms with van der Waals surface area (Å²) < 4.78 is 31.7. The van der Waals surface area contributed by atoms with E-state index >= 15 is 0 Å². The van der Waals surface area contributed by atoms with Crippen molar-refractivity contribution in [1.82, 2.24) is 9.21 Å². The van der Waals surface area contributed by atoms with E-state index in [1.807, 2.05) is 6.92 Å². The molecule has 2 N–H and O–H groups in total. The summed E-state index contributed by atoms with van der Waals surface area (Å²) in [5, 5.41) is 12.7. The first kappa shape index (κ1) is 26.4. The van der Waals surface area contributed by atoms with E-state index in [0.717, 1.165) is 38.4 Å². The van der Waals surface area contributed by atoms with Crippen LogP contribution in [0.4, 0.5) is 5.69 Å². The van der Waals surface area contributed by atoms with Gasteiger partial charge in [-0.1, -0.05) is 32.3 Å². The summed E-state index contributed by atoms with van der Waals surface area (Å²) in [6.07, 6.45) is 5.40. The van der Waals surface area contributed by atoms with Crippen molar-refractivity contribution in [3.8, 4) is 5.75 Å². The van der Waals surface area contributed by atoms with Crippen LogP contribution >= 0.6 is 0 Å². The predicted octanol–water partition coefficient (Wildman–Crippen LogP) is 2.32. The van der Waals surface area contributed by atoms with Crippen molar-refractivity contribution in [2.45, 2.75) is 58.1 Å². The molecule has 0 radical (unpaired) electrons. The average Bonchev–Trinajstić information content (AvgIpc) is 2.81. The SMILES string of the molecule is C[C@@H]1CN([C@@H](C)CO)C(=O)c2cccc(NC(=O)C3CCCCC3)c2O[C@H]1CN(C)S(C)(=O)=O. The van der Waals surface area contributed by atoms with Crippen LogP contribution in [0, 0.1) is 11.8 Å². The number of fused-ring (bicyclic) bond motifs is 1. The van der Waals surface area contributed by atoms with Gasteiger partial charge in [-0.05, 0) is 31.9 Å². The van der Waals surface area contributed by atoms with Crippen molar-refractivity contribution in [1.29, 1.82) is 0 Å². The van der Waals surface area contributed by atoms with Gasteiger partial charge in [-0.2, -0.15) is 0 Å². The van der Waals surface area contributed by atoms with Crippen LogP contribution in [-0.4, -0.2) is 79.7 Å². The number of hydrogen-bond acceptors (Lipinski definition) is 6. The molecular formula is C24H37N3O6S. The standard InChI is InChI=1S/C24H37N3O6S/c1-16-13-27(17(2)15-28)24(30)19-11-8-12-20(25-23(29)18-9-6-5-7-10-18)22(19)33-21(16)14-26(3)34(4,31)32/h8,11-12,16-18,21,28H,5-7,9-10,13-15H2,1-4H3,(H,25,29)/t16-,17+,21+/m1/s1. The van der Waals surface area contributed by atoms with E-state index in [2.05, 4.69) is 5.32 Å². The van der Waals surface area contributed by atoms with Crippen molar-refractivity contribution in [2.24, 2.45) is 11.8 Å². The van der Waals surface area contributed by atoms with Crippen LogP contribution in [0.3, 0.4) is 0 Å². The van der Waals surface area contributed by atoms with Gasteiger partial charge < -0.3 is 20.1 Å². The molecule has 1 heterocycles. The van der Waals surface area contributed by atoms with Gasteiger partial charge in [-0.3, -0.25) is 9.59 Å². The first-order chi connectivity index (χ1) is 16.0. The number of carbonyl (C=O) groups excluding carboxylic acids is 2. The Morgan fingerprint density at radius 3 is 2.59 bits per heavy atom. The summed E-state index contributed by atoms with van der Waals surface area (Å²) in [7, 11) is -1.96. The predicted molar refractivity (Wildman–Crippen MR) is 130 cm³/mol. The molecule has 1 aliphatic heterocycles. The molecule has 9 nitrogen and oxygen atoms in total. The minimum Gasteiger partial charge on any atom is -0.486 e. The second-order valence-electron chi connectivity index (χ2n) is 9.67. The van der Waals surface area contributed by atoms with E-state index in [9.17, 15) is 23.1 Å². The summed E-state index contributed by atoms with van der Waals surface area (Å²) in [6.45, 7) is 3.82. The molecule has 0 aromatic heterocycles. The Bertz CT molecular complexity index is 992. The van der Waals surface area contributed by atoms with Crippen LogP contribution in [0.2, 0.25) is 0 Å². The molecule has 3 atom stereocenters. The number of anilines is 1. The van der Waals surface area contributed by atoms with Gasteiger partial charge >= 0.3 is 0 Å². The second kappa shape index (κ2) is 11.0. The fraction of sp³-hybridized carbons (Fsp3) is 0.667. The van der Waals surface area contributed by atoms with Crippen LogP contribution in [0.25, 0.3) is 0 Å². The number of benzene rings is 1. The monoisotopic (exact) mass is 495 g/mol. The number of nitrogens with zero attached hydrogens (tertiary/aromatic N) is 2. The largest absolute Gasteiger partial charge is 0.486 e. The number of ether oxygens (including phenoxy) is 1. The number of para-hydroxylation sites is 1. The molecular weight excluding hydrogens is 458 g/mol. The molecule has 3 rings (SSSR count). The maximum atomic E-state index is 13.5. The van der Waals surface area contributed by atoms with Crippen LogP contribution in [0.15, 0.2) is 18.2 Å². The molecule has 0 spiro atoms. The number of sulfonamides is 1. The number of carbonyl (C=O) groups is 2. The Kier molecular flexibility index (Phi) is 8.59. The summed E-state index contributed by atoms with van der Waals surface area (Å²) in [5.74, 6) is -0.467. The van der Waals surface area contributed by atoms with E-state index in [-0.39, 0.29) is 48.1 Å². The molecule has 190 valence electrons. The maximum absolute atomic E-state index is 13.5. The maximum Gasteiger partial charge on any atom is 0.258 e. The molecule has 0 saturated heterocycles. The minimum absolute atomic E-state index is 0.0779. The zero-order chi connectivity index (χ0) is 25.0. The van der Waals surface area contributed by atoms with E-state index in [4.69, 9.17) is 4.74 Å². The third kappa shape index (κ3) is 6.09. The zero-order valence-electron chi connectivity index (χ0n) is 20.5. The van der Waals surface area contributed by atoms with Gasteiger partial charge in [-0.25, -0.2) is 12.7 Å². The van der Waals surface area contributed by atoms with Crippen molar-refractivity contribution in [2.75, 3.05) is 38.3 Å². The third-order valence-electron chi connectivity index (χ3n) is 6.93. The molecule has 1 fully saturated rings. The molecule has 0 bridgehead atoms. The Morgan fingerprint density at radius 2 is 1.97 bits per heavy atom. The quantitative estimate of drug-likeness (QED) is 0.600. The summed E-state index contributed by atoms with van der Waals surface area (Å²) in [4.78, 5) is 28.0. The van der Waals surface area contributed by atoms with Gasteiger partial charge in [-0.15, -0.1) is 0 Å². The van der Waals surface area contributed by atoms with Crippen LogP contribution in [0.1, 0.15) is 56.3 Å². The fourth-order valence-electron chi connectivity index (χ4n) is 4.55. The highest BCUT2D eigenvalue weighted by atomic mass is 32.2. The second-order valence-corrected chi connectivity index (χ2v) is 11.8. The first-order valence-corrected chi connectivity index (χ1v) is 13.8. The molecule has 1 saturated carbocycles. The van der Waals surface area contributed by atoms with E-state index in [1.54, 1.807) is 30.0 Å². The molecule has 1 aromatic carbocycles. The minimum atomic E-state index is -3.45. The molecule has 10 heteroatoms. The van der Waals surface area contributed by atoms with Gasteiger partial charge in [0.2, 0.25) is 15.9 Å². The number of aliphatic hydroxyl groups is 1. The number of rotatable bonds is 7. The lowest BCUT2D eigenvalue weighted by atomic mass is 9.88. The zero-order valence-corrected chi connectivity index (χ0v) is 21.3. The average molecular weight is 496 g/mol. The highest BCUT2D eigenvalue weighted by Gasteiger charge is 2.35. The van der Waals surface area contributed by atoms with Crippen LogP contribution < -0.4 is 10.1 Å². The lowest BCUT2D eigenvalue weighted by Crippen LogP contribution is -2.50. The Morgan fingerprint density at radius 1 is 1.29 bits per heavy atom.